The molecule has 2 aromatic rings. The van der Waals surface area contributed by atoms with Gasteiger partial charge in [-0.05, 0) is 19.9 Å². The molecule has 0 saturated carbocycles. The molecule has 0 aliphatic heterocycles. The quantitative estimate of drug-likeness (QED) is 0.743. The Kier molecular flexibility index (Phi) is 1.96. The molecule has 0 aromatic carbocycles. The van der Waals surface area contributed by atoms with Gasteiger partial charge in [-0.25, -0.2) is 4.98 Å². The molecule has 1 N–H and O–H groups in total. The summed E-state index contributed by atoms with van der Waals surface area (Å²) in [5.41, 5.74) is 2.07. The Morgan fingerprint density at radius 3 is 2.79 bits per heavy atom. The number of rotatable bonds is 1. The van der Waals surface area contributed by atoms with E-state index in [1.165, 1.54) is 0 Å². The third-order valence-corrected chi connectivity index (χ3v) is 2.19. The maximum absolute atomic E-state index is 11.4. The van der Waals surface area contributed by atoms with Gasteiger partial charge >= 0.3 is 0 Å². The summed E-state index contributed by atoms with van der Waals surface area (Å²) < 4.78 is 4.92. The van der Waals surface area contributed by atoms with Gasteiger partial charge in [-0.2, -0.15) is 0 Å². The van der Waals surface area contributed by atoms with Gasteiger partial charge in [-0.3, -0.25) is 4.79 Å². The van der Waals surface area contributed by atoms with Crippen molar-refractivity contribution >= 4 is 0 Å². The third-order valence-electron chi connectivity index (χ3n) is 2.19. The molecule has 0 fully saturated rings. The molecule has 0 bridgehead atoms. The maximum atomic E-state index is 11.4. The van der Waals surface area contributed by atoms with Gasteiger partial charge in [0.25, 0.3) is 5.56 Å². The topological polar surface area (TPSA) is 58.9 Å². The molecule has 4 nitrogen and oxygen atoms in total. The summed E-state index contributed by atoms with van der Waals surface area (Å²) in [6.45, 7) is 3.56. The monoisotopic (exact) mass is 190 g/mol. The molecule has 2 aromatic heterocycles. The Bertz CT molecular complexity index is 497. The van der Waals surface area contributed by atoms with Crippen LogP contribution in [0.15, 0.2) is 27.8 Å². The zero-order valence-electron chi connectivity index (χ0n) is 8.00. The van der Waals surface area contributed by atoms with Gasteiger partial charge < -0.3 is 9.40 Å². The lowest BCUT2D eigenvalue weighted by Gasteiger charge is -2.00. The van der Waals surface area contributed by atoms with Gasteiger partial charge in [0.15, 0.2) is 0 Å². The molecule has 0 radical (unpaired) electrons. The number of H-pyrrole nitrogens is 1. The summed E-state index contributed by atoms with van der Waals surface area (Å²) in [5, 5.41) is 0. The second-order valence-corrected chi connectivity index (χ2v) is 3.14. The number of aryl methyl sites for hydroxylation is 1. The van der Waals surface area contributed by atoms with Crippen molar-refractivity contribution in [3.63, 3.8) is 0 Å². The van der Waals surface area contributed by atoms with Crippen LogP contribution in [-0.4, -0.2) is 9.97 Å². The number of nitrogens with one attached hydrogen (secondary N) is 1. The van der Waals surface area contributed by atoms with Crippen LogP contribution in [0.3, 0.4) is 0 Å². The van der Waals surface area contributed by atoms with E-state index in [4.69, 9.17) is 4.42 Å². The second kappa shape index (κ2) is 3.14. The first kappa shape index (κ1) is 8.74. The fraction of sp³-hybridized carbons (Fsp3) is 0.200. The molecule has 0 unspecified atom stereocenters. The van der Waals surface area contributed by atoms with E-state index in [-0.39, 0.29) is 5.56 Å². The Balaban J connectivity index is 2.63. The van der Waals surface area contributed by atoms with E-state index in [0.29, 0.717) is 11.4 Å². The van der Waals surface area contributed by atoms with Crippen LogP contribution in [0.1, 0.15) is 11.3 Å². The van der Waals surface area contributed by atoms with E-state index in [1.807, 2.05) is 6.92 Å². The minimum Gasteiger partial charge on any atom is -0.472 e. The molecule has 2 rings (SSSR count). The zero-order chi connectivity index (χ0) is 10.1. The molecule has 0 saturated heterocycles. The molecule has 2 heterocycles. The first-order valence-electron chi connectivity index (χ1n) is 4.28. The maximum Gasteiger partial charge on any atom is 0.254 e. The molecule has 14 heavy (non-hydrogen) atoms. The summed E-state index contributed by atoms with van der Waals surface area (Å²) in [4.78, 5) is 18.4. The Hall–Kier alpha value is -1.84. The standard InChI is InChI=1S/C10H10N2O2/c1-6-7(2)11-9(12-10(6)13)8-3-4-14-5-8/h3-5H,1-2H3,(H,11,12,13). The lowest BCUT2D eigenvalue weighted by atomic mass is 10.2. The number of hydrogen-bond acceptors (Lipinski definition) is 3. The van der Waals surface area contributed by atoms with Gasteiger partial charge in [0.05, 0.1) is 11.8 Å². The lowest BCUT2D eigenvalue weighted by molar-refractivity contribution is 0.568. The van der Waals surface area contributed by atoms with Crippen LogP contribution in [0.4, 0.5) is 0 Å². The summed E-state index contributed by atoms with van der Waals surface area (Å²) in [6, 6.07) is 1.76. The van der Waals surface area contributed by atoms with Crippen LogP contribution in [0.5, 0.6) is 0 Å². The van der Waals surface area contributed by atoms with Gasteiger partial charge in [0.1, 0.15) is 12.1 Å². The van der Waals surface area contributed by atoms with Crippen LogP contribution >= 0.6 is 0 Å². The van der Waals surface area contributed by atoms with E-state index in [9.17, 15) is 4.79 Å². The van der Waals surface area contributed by atoms with Crippen molar-refractivity contribution in [3.8, 4) is 11.4 Å². The molecule has 72 valence electrons. The average Bonchev–Trinajstić information content (AvgIpc) is 2.66. The van der Waals surface area contributed by atoms with Crippen molar-refractivity contribution in [3.05, 3.63) is 40.2 Å². The molecule has 0 aliphatic rings. The van der Waals surface area contributed by atoms with E-state index in [0.717, 1.165) is 11.3 Å². The van der Waals surface area contributed by atoms with E-state index < -0.39 is 0 Å². The van der Waals surface area contributed by atoms with E-state index in [1.54, 1.807) is 25.5 Å². The second-order valence-electron chi connectivity index (χ2n) is 3.14. The Morgan fingerprint density at radius 1 is 1.43 bits per heavy atom. The minimum absolute atomic E-state index is 0.103. The number of nitrogens with zero attached hydrogens (tertiary/aromatic N) is 1. The van der Waals surface area contributed by atoms with Gasteiger partial charge in [-0.1, -0.05) is 0 Å². The smallest absolute Gasteiger partial charge is 0.254 e. The molecule has 0 atom stereocenters. The first-order valence-corrected chi connectivity index (χ1v) is 4.28. The average molecular weight is 190 g/mol. The zero-order valence-corrected chi connectivity index (χ0v) is 8.00. The van der Waals surface area contributed by atoms with Gasteiger partial charge in [0.2, 0.25) is 0 Å². The molecular formula is C10H10N2O2. The number of aromatic amines is 1. The van der Waals surface area contributed by atoms with Crippen LogP contribution in [0.2, 0.25) is 0 Å². The SMILES string of the molecule is Cc1nc(-c2ccoc2)[nH]c(=O)c1C. The van der Waals surface area contributed by atoms with Crippen LogP contribution < -0.4 is 5.56 Å². The highest BCUT2D eigenvalue weighted by Crippen LogP contribution is 2.13. The number of aromatic nitrogens is 2. The highest BCUT2D eigenvalue weighted by molar-refractivity contribution is 5.52. The lowest BCUT2D eigenvalue weighted by Crippen LogP contribution is -2.14. The van der Waals surface area contributed by atoms with Gasteiger partial charge in [0, 0.05) is 11.3 Å². The van der Waals surface area contributed by atoms with Crippen molar-refractivity contribution in [2.45, 2.75) is 13.8 Å². The summed E-state index contributed by atoms with van der Waals surface area (Å²) in [6.07, 6.45) is 3.09. The van der Waals surface area contributed by atoms with Crippen molar-refractivity contribution < 1.29 is 4.42 Å². The predicted octanol–water partition coefficient (Wildman–Crippen LogP) is 1.65. The highest BCUT2D eigenvalue weighted by atomic mass is 16.3. The predicted molar refractivity (Wildman–Crippen MR) is 52.0 cm³/mol. The summed E-state index contributed by atoms with van der Waals surface area (Å²) >= 11 is 0. The van der Waals surface area contributed by atoms with Crippen LogP contribution in [0, 0.1) is 13.8 Å². The first-order chi connectivity index (χ1) is 6.68. The van der Waals surface area contributed by atoms with Crippen LogP contribution in [-0.2, 0) is 0 Å². The Morgan fingerprint density at radius 2 is 2.21 bits per heavy atom. The fourth-order valence-electron chi connectivity index (χ4n) is 1.18. The molecule has 0 amide bonds. The molecule has 0 spiro atoms. The highest BCUT2D eigenvalue weighted by Gasteiger charge is 2.05. The Labute approximate surface area is 80.6 Å². The van der Waals surface area contributed by atoms with Crippen molar-refractivity contribution in [2.24, 2.45) is 0 Å². The van der Waals surface area contributed by atoms with E-state index in [2.05, 4.69) is 9.97 Å². The van der Waals surface area contributed by atoms with Crippen molar-refractivity contribution in [1.29, 1.82) is 0 Å². The molecular weight excluding hydrogens is 180 g/mol. The number of hydrogen-bond donors (Lipinski definition) is 1. The summed E-state index contributed by atoms with van der Waals surface area (Å²) in [5.74, 6) is 0.548. The van der Waals surface area contributed by atoms with E-state index >= 15 is 0 Å². The van der Waals surface area contributed by atoms with Gasteiger partial charge in [-0.15, -0.1) is 0 Å². The van der Waals surface area contributed by atoms with Crippen molar-refractivity contribution in [1.82, 2.24) is 9.97 Å². The minimum atomic E-state index is -0.103. The summed E-state index contributed by atoms with van der Waals surface area (Å²) in [7, 11) is 0. The molecule has 0 aliphatic carbocycles. The third kappa shape index (κ3) is 1.35. The fourth-order valence-corrected chi connectivity index (χ4v) is 1.18. The number of furan rings is 1. The normalized spacial score (nSPS) is 10.4. The van der Waals surface area contributed by atoms with Crippen LogP contribution in [0.25, 0.3) is 11.4 Å². The molecule has 4 heteroatoms. The van der Waals surface area contributed by atoms with Crippen molar-refractivity contribution in [2.75, 3.05) is 0 Å². The largest absolute Gasteiger partial charge is 0.472 e.